The number of methoxy groups -OCH3 is 2. The number of nitrogens with zero attached hydrogens (tertiary/aromatic N) is 4. The van der Waals surface area contributed by atoms with Crippen LogP contribution in [0, 0.1) is 5.41 Å². The fourth-order valence-corrected chi connectivity index (χ4v) is 4.91. The van der Waals surface area contributed by atoms with Crippen molar-refractivity contribution in [2.75, 3.05) is 33.9 Å². The van der Waals surface area contributed by atoms with Gasteiger partial charge in [0.2, 0.25) is 17.7 Å². The quantitative estimate of drug-likeness (QED) is 0.546. The van der Waals surface area contributed by atoms with Crippen LogP contribution in [0.2, 0.25) is 0 Å². The molecule has 0 bridgehead atoms. The van der Waals surface area contributed by atoms with Crippen molar-refractivity contribution < 1.29 is 28.7 Å². The predicted octanol–water partition coefficient (Wildman–Crippen LogP) is 1.81. The minimum absolute atomic E-state index is 0.0712. The van der Waals surface area contributed by atoms with E-state index in [0.717, 1.165) is 5.56 Å². The number of rotatable bonds is 7. The maximum Gasteiger partial charge on any atom is 0.254 e. The maximum absolute atomic E-state index is 13.3. The summed E-state index contributed by atoms with van der Waals surface area (Å²) in [6, 6.07) is 5.39. The second kappa shape index (κ2) is 9.67. The maximum atomic E-state index is 13.3. The lowest BCUT2D eigenvalue weighted by Gasteiger charge is -2.35. The van der Waals surface area contributed by atoms with Gasteiger partial charge in [-0.25, -0.2) is 5.01 Å². The molecule has 3 heterocycles. The Kier molecular flexibility index (Phi) is 6.82. The Morgan fingerprint density at radius 2 is 1.66 bits per heavy atom. The average molecular weight is 485 g/mol. The van der Waals surface area contributed by atoms with Crippen molar-refractivity contribution in [3.05, 3.63) is 23.8 Å². The van der Waals surface area contributed by atoms with Crippen LogP contribution in [-0.4, -0.2) is 84.0 Å². The van der Waals surface area contributed by atoms with E-state index in [2.05, 4.69) is 0 Å². The molecule has 188 valence electrons. The van der Waals surface area contributed by atoms with Gasteiger partial charge in [0, 0.05) is 44.5 Å². The molecular weight excluding hydrogens is 452 g/mol. The first-order valence-electron chi connectivity index (χ1n) is 11.9. The van der Waals surface area contributed by atoms with Crippen molar-refractivity contribution in [3.8, 4) is 11.5 Å². The zero-order valence-corrected chi connectivity index (χ0v) is 20.7. The number of hydrogen-bond donors (Lipinski definition) is 0. The van der Waals surface area contributed by atoms with Crippen molar-refractivity contribution in [1.29, 1.82) is 0 Å². The van der Waals surface area contributed by atoms with Gasteiger partial charge in [0.15, 0.2) is 11.5 Å². The molecule has 3 aliphatic heterocycles. The average Bonchev–Trinajstić information content (AvgIpc) is 3.31. The van der Waals surface area contributed by atoms with E-state index in [0.29, 0.717) is 43.1 Å². The Bertz CT molecular complexity index is 1060. The van der Waals surface area contributed by atoms with Crippen molar-refractivity contribution in [1.82, 2.24) is 14.8 Å². The lowest BCUT2D eigenvalue weighted by atomic mass is 9.83. The highest BCUT2D eigenvalue weighted by Crippen LogP contribution is 2.37. The van der Waals surface area contributed by atoms with E-state index in [4.69, 9.17) is 14.6 Å². The van der Waals surface area contributed by atoms with Crippen molar-refractivity contribution in [2.24, 2.45) is 10.5 Å². The van der Waals surface area contributed by atoms with Gasteiger partial charge in [0.1, 0.15) is 0 Å². The molecule has 10 nitrogen and oxygen atoms in total. The van der Waals surface area contributed by atoms with Gasteiger partial charge in [-0.15, -0.1) is 0 Å². The molecule has 0 saturated carbocycles. The van der Waals surface area contributed by atoms with Gasteiger partial charge in [0.25, 0.3) is 5.91 Å². The largest absolute Gasteiger partial charge is 0.493 e. The topological polar surface area (TPSA) is 109 Å². The number of imide groups is 1. The van der Waals surface area contributed by atoms with Crippen LogP contribution in [-0.2, 0) is 19.2 Å². The van der Waals surface area contributed by atoms with E-state index >= 15 is 0 Å². The Morgan fingerprint density at radius 3 is 2.26 bits per heavy atom. The molecule has 1 aromatic carbocycles. The molecule has 0 N–H and O–H groups in total. The van der Waals surface area contributed by atoms with Gasteiger partial charge in [0.05, 0.1) is 31.4 Å². The summed E-state index contributed by atoms with van der Waals surface area (Å²) in [5.41, 5.74) is 0.658. The zero-order valence-electron chi connectivity index (χ0n) is 20.7. The van der Waals surface area contributed by atoms with E-state index in [1.165, 1.54) is 4.90 Å². The first-order chi connectivity index (χ1) is 16.7. The summed E-state index contributed by atoms with van der Waals surface area (Å²) >= 11 is 0. The molecular formula is C25H32N4O6. The van der Waals surface area contributed by atoms with E-state index in [-0.39, 0.29) is 55.5 Å². The van der Waals surface area contributed by atoms with Crippen molar-refractivity contribution >= 4 is 29.3 Å². The molecule has 35 heavy (non-hydrogen) atoms. The highest BCUT2D eigenvalue weighted by atomic mass is 16.5. The third-order valence-corrected chi connectivity index (χ3v) is 7.07. The summed E-state index contributed by atoms with van der Waals surface area (Å²) in [6.45, 7) is 4.86. The van der Waals surface area contributed by atoms with Crippen LogP contribution in [0.5, 0.6) is 11.5 Å². The number of hydrogen-bond acceptors (Lipinski definition) is 7. The lowest BCUT2D eigenvalue weighted by molar-refractivity contribution is -0.140. The van der Waals surface area contributed by atoms with Crippen LogP contribution in [0.1, 0.15) is 51.5 Å². The number of amides is 4. The molecule has 4 rings (SSSR count). The Labute approximate surface area is 204 Å². The molecule has 4 amide bonds. The van der Waals surface area contributed by atoms with Crippen LogP contribution in [0.25, 0.3) is 0 Å². The van der Waals surface area contributed by atoms with Gasteiger partial charge in [-0.3, -0.25) is 24.1 Å². The number of carbonyl (C=O) groups is 4. The summed E-state index contributed by atoms with van der Waals surface area (Å²) in [6.07, 6.45) is 1.80. The van der Waals surface area contributed by atoms with E-state index in [1.807, 2.05) is 26.0 Å². The van der Waals surface area contributed by atoms with E-state index < -0.39 is 5.41 Å². The van der Waals surface area contributed by atoms with Crippen LogP contribution in [0.4, 0.5) is 0 Å². The SMILES string of the molecule is COc1ccc(C2=NN(C3CCN(C(=O)CCN4C(=O)CCC4=O)CC3)C(=O)C2(C)C)cc1OC. The second-order valence-electron chi connectivity index (χ2n) is 9.59. The molecule has 0 atom stereocenters. The van der Waals surface area contributed by atoms with Gasteiger partial charge >= 0.3 is 0 Å². The van der Waals surface area contributed by atoms with Gasteiger partial charge in [-0.05, 0) is 44.9 Å². The normalized spacial score (nSPS) is 20.5. The minimum Gasteiger partial charge on any atom is -0.493 e. The van der Waals surface area contributed by atoms with Gasteiger partial charge < -0.3 is 14.4 Å². The first-order valence-corrected chi connectivity index (χ1v) is 11.9. The molecule has 3 aliphatic rings. The van der Waals surface area contributed by atoms with Crippen LogP contribution in [0.15, 0.2) is 23.3 Å². The summed E-state index contributed by atoms with van der Waals surface area (Å²) in [5.74, 6) is 0.598. The second-order valence-corrected chi connectivity index (χ2v) is 9.59. The lowest BCUT2D eigenvalue weighted by Crippen LogP contribution is -2.48. The number of ether oxygens (including phenoxy) is 2. The molecule has 0 spiro atoms. The number of benzene rings is 1. The minimum atomic E-state index is -0.804. The Hall–Kier alpha value is -3.43. The fourth-order valence-electron chi connectivity index (χ4n) is 4.91. The molecule has 0 radical (unpaired) electrons. The monoisotopic (exact) mass is 484 g/mol. The van der Waals surface area contributed by atoms with Crippen molar-refractivity contribution in [2.45, 2.75) is 52.0 Å². The van der Waals surface area contributed by atoms with Crippen LogP contribution < -0.4 is 9.47 Å². The molecule has 2 fully saturated rings. The predicted molar refractivity (Wildman–Crippen MR) is 127 cm³/mol. The van der Waals surface area contributed by atoms with Gasteiger partial charge in [-0.2, -0.15) is 5.10 Å². The number of likely N-dealkylation sites (tertiary alicyclic amines) is 2. The molecule has 10 heteroatoms. The molecule has 2 saturated heterocycles. The number of piperidine rings is 1. The van der Waals surface area contributed by atoms with Crippen LogP contribution >= 0.6 is 0 Å². The van der Waals surface area contributed by atoms with Crippen LogP contribution in [0.3, 0.4) is 0 Å². The molecule has 0 aromatic heterocycles. The summed E-state index contributed by atoms with van der Waals surface area (Å²) < 4.78 is 10.7. The molecule has 1 aromatic rings. The standard InChI is InChI=1S/C25H32N4O6/c1-25(2)23(16-5-6-18(34-3)19(15-16)35-4)26-29(24(25)33)17-9-12-27(13-10-17)20(30)11-14-28-21(31)7-8-22(28)32/h5-6,15,17H,7-14H2,1-4H3. The third-order valence-electron chi connectivity index (χ3n) is 7.07. The summed E-state index contributed by atoms with van der Waals surface area (Å²) in [5, 5.41) is 6.32. The Morgan fingerprint density at radius 1 is 1.03 bits per heavy atom. The highest BCUT2D eigenvalue weighted by molar-refractivity contribution is 6.19. The van der Waals surface area contributed by atoms with E-state index in [1.54, 1.807) is 30.2 Å². The molecule has 0 unspecified atom stereocenters. The first kappa shape index (κ1) is 24.7. The number of hydrazone groups is 1. The van der Waals surface area contributed by atoms with Crippen molar-refractivity contribution in [3.63, 3.8) is 0 Å². The zero-order chi connectivity index (χ0) is 25.3. The smallest absolute Gasteiger partial charge is 0.254 e. The Balaban J connectivity index is 1.40. The fraction of sp³-hybridized carbons (Fsp3) is 0.560. The van der Waals surface area contributed by atoms with Gasteiger partial charge in [-0.1, -0.05) is 0 Å². The number of carbonyl (C=O) groups excluding carboxylic acids is 4. The summed E-state index contributed by atoms with van der Waals surface area (Å²) in [7, 11) is 3.14. The summed E-state index contributed by atoms with van der Waals surface area (Å²) in [4.78, 5) is 52.4. The molecule has 0 aliphatic carbocycles. The van der Waals surface area contributed by atoms with E-state index in [9.17, 15) is 19.2 Å². The third kappa shape index (κ3) is 4.61. The highest BCUT2D eigenvalue weighted by Gasteiger charge is 2.47.